The second-order valence-corrected chi connectivity index (χ2v) is 5.01. The van der Waals surface area contributed by atoms with Gasteiger partial charge in [-0.25, -0.2) is 4.79 Å². The average molecular weight is 313 g/mol. The number of aryl methyl sites for hydroxylation is 1. The van der Waals surface area contributed by atoms with Gasteiger partial charge in [-0.1, -0.05) is 24.3 Å². The van der Waals surface area contributed by atoms with Gasteiger partial charge in [0.15, 0.2) is 6.61 Å². The van der Waals surface area contributed by atoms with E-state index in [0.717, 1.165) is 11.1 Å². The Kier molecular flexibility index (Phi) is 5.74. The van der Waals surface area contributed by atoms with Gasteiger partial charge in [-0.3, -0.25) is 4.79 Å². The van der Waals surface area contributed by atoms with E-state index in [0.29, 0.717) is 17.9 Å². The van der Waals surface area contributed by atoms with Gasteiger partial charge < -0.3 is 14.8 Å². The fraction of sp³-hybridized carbons (Fsp3) is 0.222. The molecular weight excluding hydrogens is 294 g/mol. The minimum absolute atomic E-state index is 0.309. The first-order chi connectivity index (χ1) is 11.1. The van der Waals surface area contributed by atoms with Crippen LogP contribution in [0.3, 0.4) is 0 Å². The van der Waals surface area contributed by atoms with E-state index in [-0.39, 0.29) is 12.5 Å². The smallest absolute Gasteiger partial charge is 0.338 e. The van der Waals surface area contributed by atoms with E-state index in [1.165, 1.54) is 0 Å². The maximum atomic E-state index is 11.8. The zero-order valence-electron chi connectivity index (χ0n) is 13.2. The van der Waals surface area contributed by atoms with Crippen molar-refractivity contribution in [3.63, 3.8) is 0 Å². The molecule has 0 bridgehead atoms. The molecule has 0 aromatic heterocycles. The average Bonchev–Trinajstić information content (AvgIpc) is 2.59. The normalized spacial score (nSPS) is 10.0. The number of benzene rings is 2. The summed E-state index contributed by atoms with van der Waals surface area (Å²) in [6, 6.07) is 14.3. The van der Waals surface area contributed by atoms with Crippen LogP contribution >= 0.6 is 0 Å². The van der Waals surface area contributed by atoms with Crippen LogP contribution in [0.15, 0.2) is 48.5 Å². The second-order valence-electron chi connectivity index (χ2n) is 5.01. The third-order valence-electron chi connectivity index (χ3n) is 3.40. The van der Waals surface area contributed by atoms with Crippen LogP contribution in [-0.2, 0) is 16.1 Å². The van der Waals surface area contributed by atoms with Crippen LogP contribution in [0.1, 0.15) is 21.5 Å². The highest BCUT2D eigenvalue weighted by molar-refractivity contribution is 5.91. The first kappa shape index (κ1) is 16.5. The van der Waals surface area contributed by atoms with E-state index in [1.54, 1.807) is 31.4 Å². The molecule has 0 saturated heterocycles. The molecule has 0 saturated carbocycles. The van der Waals surface area contributed by atoms with Crippen LogP contribution < -0.4 is 10.1 Å². The standard InChI is InChI=1S/C18H19NO4/c1-13-5-3-4-6-15(13)11-19-17(20)12-23-18(21)14-7-9-16(22-2)10-8-14/h3-10H,11-12H2,1-2H3,(H,19,20). The van der Waals surface area contributed by atoms with Crippen LogP contribution in [0.25, 0.3) is 0 Å². The Hall–Kier alpha value is -2.82. The van der Waals surface area contributed by atoms with Gasteiger partial charge in [-0.05, 0) is 42.3 Å². The molecule has 1 N–H and O–H groups in total. The third kappa shape index (κ3) is 4.85. The zero-order valence-corrected chi connectivity index (χ0v) is 13.2. The summed E-state index contributed by atoms with van der Waals surface area (Å²) >= 11 is 0. The molecule has 5 heteroatoms. The lowest BCUT2D eigenvalue weighted by Crippen LogP contribution is -2.28. The van der Waals surface area contributed by atoms with Gasteiger partial charge >= 0.3 is 5.97 Å². The van der Waals surface area contributed by atoms with Crippen molar-refractivity contribution in [1.29, 1.82) is 0 Å². The SMILES string of the molecule is COc1ccc(C(=O)OCC(=O)NCc2ccccc2C)cc1. The molecule has 23 heavy (non-hydrogen) atoms. The van der Waals surface area contributed by atoms with Crippen LogP contribution in [0.2, 0.25) is 0 Å². The molecule has 5 nitrogen and oxygen atoms in total. The number of carbonyl (C=O) groups is 2. The van der Waals surface area contributed by atoms with E-state index >= 15 is 0 Å². The zero-order chi connectivity index (χ0) is 16.7. The van der Waals surface area contributed by atoms with Crippen LogP contribution in [-0.4, -0.2) is 25.6 Å². The van der Waals surface area contributed by atoms with E-state index < -0.39 is 5.97 Å². The molecule has 0 aliphatic rings. The van der Waals surface area contributed by atoms with E-state index in [9.17, 15) is 9.59 Å². The minimum atomic E-state index is -0.543. The molecule has 0 aliphatic carbocycles. The molecule has 120 valence electrons. The molecule has 2 aromatic carbocycles. The molecule has 0 spiro atoms. The predicted molar refractivity (Wildman–Crippen MR) is 86.3 cm³/mol. The first-order valence-corrected chi connectivity index (χ1v) is 7.22. The molecule has 1 amide bonds. The summed E-state index contributed by atoms with van der Waals surface area (Å²) in [6.45, 7) is 2.08. The third-order valence-corrected chi connectivity index (χ3v) is 3.40. The fourth-order valence-corrected chi connectivity index (χ4v) is 1.99. The Morgan fingerprint density at radius 2 is 1.74 bits per heavy atom. The molecule has 0 heterocycles. The summed E-state index contributed by atoms with van der Waals surface area (Å²) in [7, 11) is 1.55. The quantitative estimate of drug-likeness (QED) is 0.832. The topological polar surface area (TPSA) is 64.6 Å². The molecule has 0 radical (unpaired) electrons. The Balaban J connectivity index is 1.79. The summed E-state index contributed by atoms with van der Waals surface area (Å²) in [4.78, 5) is 23.6. The highest BCUT2D eigenvalue weighted by atomic mass is 16.5. The lowest BCUT2D eigenvalue weighted by Gasteiger charge is -2.08. The van der Waals surface area contributed by atoms with Crippen molar-refractivity contribution in [1.82, 2.24) is 5.32 Å². The van der Waals surface area contributed by atoms with Gasteiger partial charge in [0.1, 0.15) is 5.75 Å². The van der Waals surface area contributed by atoms with Gasteiger partial charge in [0, 0.05) is 6.54 Å². The highest BCUT2D eigenvalue weighted by Crippen LogP contribution is 2.12. The number of hydrogen-bond donors (Lipinski definition) is 1. The lowest BCUT2D eigenvalue weighted by molar-refractivity contribution is -0.124. The Bertz CT molecular complexity index is 680. The summed E-state index contributed by atoms with van der Waals surface area (Å²) < 4.78 is 10.0. The fourth-order valence-electron chi connectivity index (χ4n) is 1.99. The van der Waals surface area contributed by atoms with E-state index in [1.807, 2.05) is 31.2 Å². The van der Waals surface area contributed by atoms with Crippen LogP contribution in [0.5, 0.6) is 5.75 Å². The number of nitrogens with one attached hydrogen (secondary N) is 1. The number of carbonyl (C=O) groups excluding carboxylic acids is 2. The maximum absolute atomic E-state index is 11.8. The van der Waals surface area contributed by atoms with Crippen molar-refractivity contribution >= 4 is 11.9 Å². The van der Waals surface area contributed by atoms with E-state index in [2.05, 4.69) is 5.32 Å². The molecule has 2 aromatic rings. The minimum Gasteiger partial charge on any atom is -0.497 e. The van der Waals surface area contributed by atoms with Crippen molar-refractivity contribution in [2.24, 2.45) is 0 Å². The largest absolute Gasteiger partial charge is 0.497 e. The summed E-state index contributed by atoms with van der Waals surface area (Å²) in [5.74, 6) is -0.230. The van der Waals surface area contributed by atoms with Crippen molar-refractivity contribution in [2.45, 2.75) is 13.5 Å². The maximum Gasteiger partial charge on any atom is 0.338 e. The lowest BCUT2D eigenvalue weighted by atomic mass is 10.1. The summed E-state index contributed by atoms with van der Waals surface area (Å²) in [5, 5.41) is 2.73. The first-order valence-electron chi connectivity index (χ1n) is 7.22. The van der Waals surface area contributed by atoms with Gasteiger partial charge in [-0.2, -0.15) is 0 Å². The summed E-state index contributed by atoms with van der Waals surface area (Å²) in [5.41, 5.74) is 2.50. The Morgan fingerprint density at radius 3 is 2.39 bits per heavy atom. The van der Waals surface area contributed by atoms with Crippen LogP contribution in [0.4, 0.5) is 0 Å². The second kappa shape index (κ2) is 7.98. The molecule has 0 unspecified atom stereocenters. The number of ether oxygens (including phenoxy) is 2. The van der Waals surface area contributed by atoms with Gasteiger partial charge in [0.2, 0.25) is 0 Å². The highest BCUT2D eigenvalue weighted by Gasteiger charge is 2.10. The van der Waals surface area contributed by atoms with E-state index in [4.69, 9.17) is 9.47 Å². The number of methoxy groups -OCH3 is 1. The Labute approximate surface area is 135 Å². The monoisotopic (exact) mass is 313 g/mol. The number of esters is 1. The van der Waals surface area contributed by atoms with Gasteiger partial charge in [0.25, 0.3) is 5.91 Å². The van der Waals surface area contributed by atoms with Gasteiger partial charge in [0.05, 0.1) is 12.7 Å². The molecule has 0 aliphatic heterocycles. The molecule has 0 fully saturated rings. The van der Waals surface area contributed by atoms with Crippen LogP contribution in [0, 0.1) is 6.92 Å². The van der Waals surface area contributed by atoms with Crippen molar-refractivity contribution in [2.75, 3.05) is 13.7 Å². The van der Waals surface area contributed by atoms with Crippen molar-refractivity contribution < 1.29 is 19.1 Å². The number of hydrogen-bond acceptors (Lipinski definition) is 4. The number of amides is 1. The van der Waals surface area contributed by atoms with Gasteiger partial charge in [-0.15, -0.1) is 0 Å². The van der Waals surface area contributed by atoms with Crippen molar-refractivity contribution in [3.8, 4) is 5.75 Å². The molecule has 2 rings (SSSR count). The van der Waals surface area contributed by atoms with Crippen molar-refractivity contribution in [3.05, 3.63) is 65.2 Å². The molecule has 0 atom stereocenters. The summed E-state index contributed by atoms with van der Waals surface area (Å²) in [6.07, 6.45) is 0. The molecular formula is C18H19NO4. The Morgan fingerprint density at radius 1 is 1.04 bits per heavy atom. The number of rotatable bonds is 6. The predicted octanol–water partition coefficient (Wildman–Crippen LogP) is 2.48.